The molecule has 1 aliphatic heterocycles. The quantitative estimate of drug-likeness (QED) is 0.339. The summed E-state index contributed by atoms with van der Waals surface area (Å²) in [4.78, 5) is 25.3. The number of carbonyl (C=O) groups is 2. The topological polar surface area (TPSA) is 77.8 Å². The number of alkyl halides is 2. The third-order valence-electron chi connectivity index (χ3n) is 4.47. The highest BCUT2D eigenvalue weighted by Gasteiger charge is 2.52. The molecule has 2 heterocycles. The molecule has 1 fully saturated rings. The normalized spacial score (nSPS) is 17.4. The number of carboxylic acid groups (broad SMARTS) is 1. The van der Waals surface area contributed by atoms with Crippen LogP contribution in [0.15, 0.2) is 24.3 Å². The van der Waals surface area contributed by atoms with Gasteiger partial charge in [0.05, 0.1) is 6.04 Å². The van der Waals surface area contributed by atoms with E-state index >= 15 is 0 Å². The highest BCUT2D eigenvalue weighted by atomic mass is 32.1. The summed E-state index contributed by atoms with van der Waals surface area (Å²) in [6.07, 6.45) is 7.37. The van der Waals surface area contributed by atoms with E-state index in [-0.39, 0.29) is 11.4 Å². The van der Waals surface area contributed by atoms with E-state index in [2.05, 4.69) is 11.8 Å². The Morgan fingerprint density at radius 2 is 2.07 bits per heavy atom. The molecular weight excluding hydrogens is 412 g/mol. The molecule has 0 spiro atoms. The van der Waals surface area contributed by atoms with Crippen molar-refractivity contribution in [3.63, 3.8) is 0 Å². The Hall–Kier alpha value is -2.24. The fourth-order valence-electron chi connectivity index (χ4n) is 3.09. The summed E-state index contributed by atoms with van der Waals surface area (Å²) < 4.78 is 27.8. The van der Waals surface area contributed by atoms with Gasteiger partial charge in [0.2, 0.25) is 0 Å². The number of aliphatic hydroxyl groups is 1. The summed E-state index contributed by atoms with van der Waals surface area (Å²) in [6.45, 7) is 2.22. The molecule has 0 bridgehead atoms. The van der Waals surface area contributed by atoms with Crippen molar-refractivity contribution in [2.75, 3.05) is 13.7 Å². The standard InChI is InChI=1S/C21H25F2NO3S.CH4O/c1-2-3-4-5-6-7-8-10-16-15-21(22,23)20(27)24(16)14-9-11-17-12-13-18(28-17)19(25)26;1-2/h8,10,12-13,16H,2,5-7,9,11,14-15H2,1H3,(H,25,26);2H,1H3/b10-8+;. The third-order valence-corrected chi connectivity index (χ3v) is 5.60. The van der Waals surface area contributed by atoms with Crippen LogP contribution in [-0.2, 0) is 11.2 Å². The Labute approximate surface area is 180 Å². The second kappa shape index (κ2) is 13.1. The van der Waals surface area contributed by atoms with Gasteiger partial charge in [0.15, 0.2) is 0 Å². The van der Waals surface area contributed by atoms with Crippen LogP contribution in [0, 0.1) is 11.8 Å². The van der Waals surface area contributed by atoms with E-state index in [0.717, 1.165) is 37.7 Å². The van der Waals surface area contributed by atoms with Gasteiger partial charge >= 0.3 is 11.9 Å². The Morgan fingerprint density at radius 3 is 2.70 bits per heavy atom. The fraction of sp³-hybridized carbons (Fsp3) is 0.545. The minimum Gasteiger partial charge on any atom is -0.477 e. The molecule has 0 radical (unpaired) electrons. The number of hydrogen-bond donors (Lipinski definition) is 2. The lowest BCUT2D eigenvalue weighted by molar-refractivity contribution is -0.148. The zero-order valence-electron chi connectivity index (χ0n) is 17.4. The largest absolute Gasteiger partial charge is 0.477 e. The van der Waals surface area contributed by atoms with Gasteiger partial charge in [0.1, 0.15) is 4.88 Å². The van der Waals surface area contributed by atoms with E-state index in [1.165, 1.54) is 22.3 Å². The van der Waals surface area contributed by atoms with E-state index in [1.807, 2.05) is 13.0 Å². The van der Waals surface area contributed by atoms with Crippen LogP contribution in [0.5, 0.6) is 0 Å². The van der Waals surface area contributed by atoms with E-state index in [9.17, 15) is 18.4 Å². The molecule has 1 unspecified atom stereocenters. The number of likely N-dealkylation sites (tertiary alicyclic amines) is 1. The first kappa shape index (κ1) is 25.8. The van der Waals surface area contributed by atoms with Crippen molar-refractivity contribution in [3.8, 4) is 11.8 Å². The average molecular weight is 442 g/mol. The molecule has 1 atom stereocenters. The average Bonchev–Trinajstić information content (AvgIpc) is 3.27. The van der Waals surface area contributed by atoms with Crippen LogP contribution >= 0.6 is 11.3 Å². The van der Waals surface area contributed by atoms with Crippen molar-refractivity contribution >= 4 is 23.2 Å². The molecule has 166 valence electrons. The Bertz CT molecular complexity index is 780. The number of rotatable bonds is 9. The molecule has 8 heteroatoms. The van der Waals surface area contributed by atoms with Gasteiger partial charge in [-0.05, 0) is 37.8 Å². The van der Waals surface area contributed by atoms with Crippen LogP contribution in [0.4, 0.5) is 8.78 Å². The number of aryl methyl sites for hydroxylation is 1. The highest BCUT2D eigenvalue weighted by Crippen LogP contribution is 2.34. The molecule has 1 aromatic rings. The summed E-state index contributed by atoms with van der Waals surface area (Å²) in [5, 5.41) is 15.9. The van der Waals surface area contributed by atoms with Crippen LogP contribution < -0.4 is 0 Å². The fourth-order valence-corrected chi connectivity index (χ4v) is 3.97. The smallest absolute Gasteiger partial charge is 0.345 e. The lowest BCUT2D eigenvalue weighted by Gasteiger charge is -2.21. The summed E-state index contributed by atoms with van der Waals surface area (Å²) in [5.41, 5.74) is 0. The van der Waals surface area contributed by atoms with Crippen molar-refractivity contribution in [1.29, 1.82) is 0 Å². The van der Waals surface area contributed by atoms with Crippen molar-refractivity contribution in [3.05, 3.63) is 34.0 Å². The minimum atomic E-state index is -3.32. The summed E-state index contributed by atoms with van der Waals surface area (Å²) in [5.74, 6) is 0.620. The lowest BCUT2D eigenvalue weighted by atomic mass is 10.1. The number of aliphatic hydroxyl groups excluding tert-OH is 1. The molecule has 30 heavy (non-hydrogen) atoms. The maximum absolute atomic E-state index is 13.9. The molecule has 1 amide bonds. The second-order valence-corrected chi connectivity index (χ2v) is 7.84. The van der Waals surface area contributed by atoms with Gasteiger partial charge in [0, 0.05) is 37.8 Å². The Balaban J connectivity index is 0.00000218. The van der Waals surface area contributed by atoms with Crippen LogP contribution in [0.25, 0.3) is 0 Å². The number of unbranched alkanes of at least 4 members (excludes halogenated alkanes) is 2. The molecule has 0 aromatic carbocycles. The first-order chi connectivity index (χ1) is 14.3. The first-order valence-electron chi connectivity index (χ1n) is 9.93. The zero-order chi connectivity index (χ0) is 22.6. The minimum absolute atomic E-state index is 0.228. The summed E-state index contributed by atoms with van der Waals surface area (Å²) in [7, 11) is 1.00. The number of carboxylic acids is 1. The summed E-state index contributed by atoms with van der Waals surface area (Å²) in [6, 6.07) is 2.67. The maximum atomic E-state index is 13.9. The van der Waals surface area contributed by atoms with Gasteiger partial charge in [-0.15, -0.1) is 23.2 Å². The third kappa shape index (κ3) is 7.88. The molecule has 0 aliphatic carbocycles. The van der Waals surface area contributed by atoms with Crippen molar-refractivity contribution in [2.45, 2.75) is 63.8 Å². The summed E-state index contributed by atoms with van der Waals surface area (Å²) >= 11 is 1.17. The number of halogens is 2. The van der Waals surface area contributed by atoms with Crippen molar-refractivity contribution in [2.24, 2.45) is 0 Å². The van der Waals surface area contributed by atoms with E-state index in [4.69, 9.17) is 10.2 Å². The predicted octanol–water partition coefficient (Wildman–Crippen LogP) is 4.36. The zero-order valence-corrected chi connectivity index (χ0v) is 18.2. The van der Waals surface area contributed by atoms with Gasteiger partial charge in [-0.25, -0.2) is 4.79 Å². The van der Waals surface area contributed by atoms with Crippen LogP contribution in [0.2, 0.25) is 0 Å². The van der Waals surface area contributed by atoms with Crippen LogP contribution in [-0.4, -0.2) is 52.6 Å². The Kier molecular flexibility index (Phi) is 11.3. The number of allylic oxidation sites excluding steroid dienone is 1. The van der Waals surface area contributed by atoms with Crippen molar-refractivity contribution < 1.29 is 28.6 Å². The SMILES string of the molecule is CCC#CCCC/C=C/C1CC(F)(F)C(=O)N1CCCc1ccc(C(=O)O)s1.CO. The Morgan fingerprint density at radius 1 is 1.33 bits per heavy atom. The van der Waals surface area contributed by atoms with Gasteiger partial charge in [-0.2, -0.15) is 8.78 Å². The molecule has 5 nitrogen and oxygen atoms in total. The number of nitrogens with zero attached hydrogens (tertiary/aromatic N) is 1. The van der Waals surface area contributed by atoms with Gasteiger partial charge in [-0.3, -0.25) is 4.79 Å². The van der Waals surface area contributed by atoms with E-state index in [1.54, 1.807) is 12.1 Å². The number of amides is 1. The second-order valence-electron chi connectivity index (χ2n) is 6.68. The molecule has 2 N–H and O–H groups in total. The molecule has 1 aromatic heterocycles. The van der Waals surface area contributed by atoms with Gasteiger partial charge < -0.3 is 15.1 Å². The molecular formula is C22H29F2NO4S. The van der Waals surface area contributed by atoms with Crippen molar-refractivity contribution in [1.82, 2.24) is 4.90 Å². The molecule has 1 saturated heterocycles. The van der Waals surface area contributed by atoms with E-state index < -0.39 is 30.3 Å². The monoisotopic (exact) mass is 441 g/mol. The molecule has 0 saturated carbocycles. The van der Waals surface area contributed by atoms with Gasteiger partial charge in [-0.1, -0.05) is 19.1 Å². The number of aromatic carboxylic acids is 1. The maximum Gasteiger partial charge on any atom is 0.345 e. The first-order valence-corrected chi connectivity index (χ1v) is 10.7. The van der Waals surface area contributed by atoms with Gasteiger partial charge in [0.25, 0.3) is 5.91 Å². The van der Waals surface area contributed by atoms with Crippen LogP contribution in [0.1, 0.15) is 60.0 Å². The predicted molar refractivity (Wildman–Crippen MR) is 114 cm³/mol. The van der Waals surface area contributed by atoms with Crippen LogP contribution in [0.3, 0.4) is 0 Å². The number of carbonyl (C=O) groups excluding carboxylic acids is 1. The number of hydrogen-bond acceptors (Lipinski definition) is 4. The van der Waals surface area contributed by atoms with E-state index in [0.29, 0.717) is 12.8 Å². The highest BCUT2D eigenvalue weighted by molar-refractivity contribution is 7.13. The lowest BCUT2D eigenvalue weighted by Crippen LogP contribution is -2.36. The number of thiophene rings is 1. The molecule has 1 aliphatic rings. The molecule has 2 rings (SSSR count).